The Balaban J connectivity index is 3.63. The maximum atomic E-state index is 4.18. The molecule has 0 spiro atoms. The van der Waals surface area contributed by atoms with Gasteiger partial charge in [0.05, 0.1) is 0 Å². The van der Waals surface area contributed by atoms with Gasteiger partial charge in [0.1, 0.15) is 0 Å². The third-order valence-electron chi connectivity index (χ3n) is 2.44. The summed E-state index contributed by atoms with van der Waals surface area (Å²) in [5, 5.41) is 6.60. The number of hydrogen-bond acceptors (Lipinski definition) is 3. The summed E-state index contributed by atoms with van der Waals surface area (Å²) in [4.78, 5) is 6.57. The molecule has 4 nitrogen and oxygen atoms in total. The molecule has 16 heavy (non-hydrogen) atoms. The lowest BCUT2D eigenvalue weighted by Gasteiger charge is -2.19. The zero-order chi connectivity index (χ0) is 12.2. The van der Waals surface area contributed by atoms with Crippen LogP contribution in [-0.2, 0) is 0 Å². The van der Waals surface area contributed by atoms with Gasteiger partial charge in [-0.1, -0.05) is 13.8 Å². The van der Waals surface area contributed by atoms with Gasteiger partial charge in [0.15, 0.2) is 5.96 Å². The maximum absolute atomic E-state index is 4.18. The van der Waals surface area contributed by atoms with Crippen LogP contribution in [0.1, 0.15) is 13.8 Å². The predicted molar refractivity (Wildman–Crippen MR) is 75.5 cm³/mol. The fourth-order valence-electron chi connectivity index (χ4n) is 1.36. The summed E-state index contributed by atoms with van der Waals surface area (Å²) in [6.07, 6.45) is 2.11. The van der Waals surface area contributed by atoms with Crippen molar-refractivity contribution in [1.82, 2.24) is 15.5 Å². The van der Waals surface area contributed by atoms with Crippen molar-refractivity contribution in [2.24, 2.45) is 4.99 Å². The van der Waals surface area contributed by atoms with E-state index in [0.29, 0.717) is 0 Å². The lowest BCUT2D eigenvalue weighted by molar-refractivity contribution is 0.308. The van der Waals surface area contributed by atoms with E-state index in [9.17, 15) is 0 Å². The van der Waals surface area contributed by atoms with Crippen molar-refractivity contribution < 1.29 is 0 Å². The van der Waals surface area contributed by atoms with E-state index >= 15 is 0 Å². The van der Waals surface area contributed by atoms with E-state index < -0.39 is 0 Å². The van der Waals surface area contributed by atoms with Gasteiger partial charge in [-0.05, 0) is 19.3 Å². The van der Waals surface area contributed by atoms with Crippen LogP contribution < -0.4 is 10.6 Å². The second-order valence-corrected chi connectivity index (χ2v) is 4.43. The van der Waals surface area contributed by atoms with E-state index in [1.807, 2.05) is 18.8 Å². The number of nitrogens with one attached hydrogen (secondary N) is 2. The number of likely N-dealkylation sites (N-methyl/N-ethyl adjacent to an activating group) is 1. The van der Waals surface area contributed by atoms with Crippen molar-refractivity contribution in [2.45, 2.75) is 13.8 Å². The van der Waals surface area contributed by atoms with Gasteiger partial charge < -0.3 is 15.5 Å². The van der Waals surface area contributed by atoms with E-state index in [4.69, 9.17) is 0 Å². The first kappa shape index (κ1) is 15.6. The minimum absolute atomic E-state index is 0.904. The van der Waals surface area contributed by atoms with Gasteiger partial charge in [-0.3, -0.25) is 4.99 Å². The normalized spacial score (nSPS) is 11.9. The topological polar surface area (TPSA) is 39.7 Å². The van der Waals surface area contributed by atoms with Crippen LogP contribution in [0.3, 0.4) is 0 Å². The third-order valence-corrected chi connectivity index (χ3v) is 3.05. The summed E-state index contributed by atoms with van der Waals surface area (Å²) in [6, 6.07) is 0. The summed E-state index contributed by atoms with van der Waals surface area (Å²) >= 11 is 1.84. The minimum atomic E-state index is 0.904. The van der Waals surface area contributed by atoms with Crippen LogP contribution in [0.25, 0.3) is 0 Å². The quantitative estimate of drug-likeness (QED) is 0.378. The van der Waals surface area contributed by atoms with Crippen molar-refractivity contribution in [3.63, 3.8) is 0 Å². The first-order valence-corrected chi connectivity index (χ1v) is 7.33. The molecule has 0 fully saturated rings. The molecule has 0 aromatic heterocycles. The van der Waals surface area contributed by atoms with E-state index in [2.05, 4.69) is 40.6 Å². The van der Waals surface area contributed by atoms with Crippen molar-refractivity contribution >= 4 is 17.7 Å². The smallest absolute Gasteiger partial charge is 0.191 e. The molecule has 96 valence electrons. The molecule has 0 radical (unpaired) electrons. The number of hydrogen-bond donors (Lipinski definition) is 2. The van der Waals surface area contributed by atoms with Gasteiger partial charge >= 0.3 is 0 Å². The molecule has 2 N–H and O–H groups in total. The first-order chi connectivity index (χ1) is 7.78. The number of guanidine groups is 1. The van der Waals surface area contributed by atoms with Crippen LogP contribution in [0.2, 0.25) is 0 Å². The summed E-state index contributed by atoms with van der Waals surface area (Å²) in [6.45, 7) is 9.57. The molecule has 0 unspecified atom stereocenters. The summed E-state index contributed by atoms with van der Waals surface area (Å²) in [7, 11) is 1.81. The Morgan fingerprint density at radius 1 is 1.19 bits per heavy atom. The van der Waals surface area contributed by atoms with Gasteiger partial charge in [0.25, 0.3) is 0 Å². The third kappa shape index (κ3) is 7.82. The molecule has 5 heteroatoms. The highest BCUT2D eigenvalue weighted by Crippen LogP contribution is 1.87. The molecule has 0 atom stereocenters. The Bertz CT molecular complexity index is 181. The molecule has 0 aliphatic carbocycles. The maximum Gasteiger partial charge on any atom is 0.191 e. The number of rotatable bonds is 8. The van der Waals surface area contributed by atoms with E-state index in [1.54, 1.807) is 0 Å². The van der Waals surface area contributed by atoms with Crippen molar-refractivity contribution in [2.75, 3.05) is 51.8 Å². The fourth-order valence-corrected chi connectivity index (χ4v) is 1.67. The second kappa shape index (κ2) is 11.1. The largest absolute Gasteiger partial charge is 0.356 e. The SMILES string of the molecule is CCN(CC)CCNC(=NC)NCCSC. The molecule has 0 aliphatic heterocycles. The molecule has 0 saturated carbocycles. The molecule has 0 heterocycles. The Hall–Kier alpha value is -0.420. The lowest BCUT2D eigenvalue weighted by Crippen LogP contribution is -2.42. The molecular weight excluding hydrogens is 220 g/mol. The van der Waals surface area contributed by atoms with Crippen LogP contribution in [0.4, 0.5) is 0 Å². The van der Waals surface area contributed by atoms with Crippen molar-refractivity contribution in [3.8, 4) is 0 Å². The van der Waals surface area contributed by atoms with Crippen LogP contribution in [-0.4, -0.2) is 62.6 Å². The average molecular weight is 246 g/mol. The minimum Gasteiger partial charge on any atom is -0.356 e. The molecule has 0 bridgehead atoms. The van der Waals surface area contributed by atoms with E-state index in [1.165, 1.54) is 0 Å². The molecule has 0 rings (SSSR count). The standard InChI is InChI=1S/C11H26N4S/c1-5-15(6-2)9-7-13-11(12-3)14-8-10-16-4/h5-10H2,1-4H3,(H2,12,13,14). The number of aliphatic imine (C=N–C) groups is 1. The Morgan fingerprint density at radius 3 is 2.31 bits per heavy atom. The first-order valence-electron chi connectivity index (χ1n) is 5.94. The van der Waals surface area contributed by atoms with E-state index in [0.717, 1.165) is 44.4 Å². The molecule has 0 saturated heterocycles. The molecule has 0 aromatic carbocycles. The molecule has 0 aromatic rings. The zero-order valence-corrected chi connectivity index (χ0v) is 11.9. The van der Waals surface area contributed by atoms with Gasteiger partial charge in [0, 0.05) is 32.4 Å². The number of nitrogens with zero attached hydrogens (tertiary/aromatic N) is 2. The Morgan fingerprint density at radius 2 is 1.81 bits per heavy atom. The molecular formula is C11H26N4S. The molecule has 0 aliphatic rings. The van der Waals surface area contributed by atoms with Crippen molar-refractivity contribution in [1.29, 1.82) is 0 Å². The van der Waals surface area contributed by atoms with E-state index in [-0.39, 0.29) is 0 Å². The van der Waals surface area contributed by atoms with Crippen LogP contribution in [0.5, 0.6) is 0 Å². The van der Waals surface area contributed by atoms with Gasteiger partial charge in [-0.15, -0.1) is 0 Å². The van der Waals surface area contributed by atoms with Crippen LogP contribution in [0, 0.1) is 0 Å². The monoisotopic (exact) mass is 246 g/mol. The lowest BCUT2D eigenvalue weighted by atomic mass is 10.4. The Labute approximate surface area is 104 Å². The van der Waals surface area contributed by atoms with Crippen molar-refractivity contribution in [3.05, 3.63) is 0 Å². The average Bonchev–Trinajstić information content (AvgIpc) is 2.32. The van der Waals surface area contributed by atoms with Crippen LogP contribution >= 0.6 is 11.8 Å². The number of thioether (sulfide) groups is 1. The molecule has 0 amide bonds. The second-order valence-electron chi connectivity index (χ2n) is 3.45. The summed E-state index contributed by atoms with van der Waals surface area (Å²) < 4.78 is 0. The predicted octanol–water partition coefficient (Wildman–Crippen LogP) is 0.856. The summed E-state index contributed by atoms with van der Waals surface area (Å²) in [5.74, 6) is 2.01. The van der Waals surface area contributed by atoms with Crippen LogP contribution in [0.15, 0.2) is 4.99 Å². The highest BCUT2D eigenvalue weighted by atomic mass is 32.2. The fraction of sp³-hybridized carbons (Fsp3) is 0.909. The Kier molecular flexibility index (Phi) is 10.8. The van der Waals surface area contributed by atoms with Gasteiger partial charge in [-0.2, -0.15) is 11.8 Å². The summed E-state index contributed by atoms with van der Waals surface area (Å²) in [5.41, 5.74) is 0. The van der Waals surface area contributed by atoms with Gasteiger partial charge in [0.2, 0.25) is 0 Å². The highest BCUT2D eigenvalue weighted by molar-refractivity contribution is 7.98. The zero-order valence-electron chi connectivity index (χ0n) is 11.0. The highest BCUT2D eigenvalue weighted by Gasteiger charge is 1.99. The van der Waals surface area contributed by atoms with Gasteiger partial charge in [-0.25, -0.2) is 0 Å².